The van der Waals surface area contributed by atoms with E-state index in [1.807, 2.05) is 0 Å². The summed E-state index contributed by atoms with van der Waals surface area (Å²) in [6.45, 7) is 1.79. The van der Waals surface area contributed by atoms with Crippen molar-refractivity contribution in [2.24, 2.45) is 0 Å². The Hall–Kier alpha value is -3.13. The summed E-state index contributed by atoms with van der Waals surface area (Å²) >= 11 is 5.72. The zero-order chi connectivity index (χ0) is 19.1. The maximum absolute atomic E-state index is 12.0. The topological polar surface area (TPSA) is 108 Å². The van der Waals surface area contributed by atoms with Crippen molar-refractivity contribution in [3.63, 3.8) is 0 Å². The molecule has 0 radical (unpaired) electrons. The van der Waals surface area contributed by atoms with Crippen LogP contribution in [0, 0.1) is 10.1 Å². The molecule has 26 heavy (non-hydrogen) atoms. The Morgan fingerprint density at radius 2 is 2.00 bits per heavy atom. The highest BCUT2D eigenvalue weighted by Gasteiger charge is 2.14. The molecular formula is C17H15ClN2O6. The second-order valence-corrected chi connectivity index (χ2v) is 5.42. The van der Waals surface area contributed by atoms with E-state index in [1.165, 1.54) is 30.3 Å². The SMILES string of the molecule is CCOc1cc(C=O)ccc1OCC(=O)Nc1ccc(Cl)c([N+](=O)[O-])c1. The minimum atomic E-state index is -0.641. The number of amides is 1. The number of carbonyl (C=O) groups is 2. The quantitative estimate of drug-likeness (QED) is 0.428. The average molecular weight is 379 g/mol. The van der Waals surface area contributed by atoms with E-state index in [-0.39, 0.29) is 23.0 Å². The number of aldehydes is 1. The molecule has 2 aromatic rings. The Morgan fingerprint density at radius 1 is 1.23 bits per heavy atom. The molecule has 0 bridgehead atoms. The first kappa shape index (κ1) is 19.2. The van der Waals surface area contributed by atoms with Crippen molar-refractivity contribution >= 4 is 35.2 Å². The van der Waals surface area contributed by atoms with Gasteiger partial charge in [-0.2, -0.15) is 0 Å². The summed E-state index contributed by atoms with van der Waals surface area (Å²) in [5.74, 6) is 0.116. The first-order valence-corrected chi connectivity index (χ1v) is 7.91. The van der Waals surface area contributed by atoms with Gasteiger partial charge in [0.15, 0.2) is 18.1 Å². The molecule has 0 spiro atoms. The van der Waals surface area contributed by atoms with Crippen molar-refractivity contribution in [1.82, 2.24) is 0 Å². The van der Waals surface area contributed by atoms with Crippen LogP contribution in [0.5, 0.6) is 11.5 Å². The number of carbonyl (C=O) groups excluding carboxylic acids is 2. The van der Waals surface area contributed by atoms with Crippen LogP contribution in [-0.2, 0) is 4.79 Å². The van der Waals surface area contributed by atoms with Gasteiger partial charge in [0, 0.05) is 17.3 Å². The number of nitrogens with zero attached hydrogens (tertiary/aromatic N) is 1. The number of nitro benzene ring substituents is 1. The molecule has 2 aromatic carbocycles. The molecule has 0 atom stereocenters. The molecule has 0 unspecified atom stereocenters. The van der Waals surface area contributed by atoms with Gasteiger partial charge >= 0.3 is 0 Å². The van der Waals surface area contributed by atoms with Crippen LogP contribution < -0.4 is 14.8 Å². The third kappa shape index (κ3) is 4.93. The molecule has 0 heterocycles. The molecule has 9 heteroatoms. The van der Waals surface area contributed by atoms with E-state index in [9.17, 15) is 19.7 Å². The Morgan fingerprint density at radius 3 is 2.65 bits per heavy atom. The van der Waals surface area contributed by atoms with Crippen LogP contribution in [0.4, 0.5) is 11.4 Å². The molecule has 0 aliphatic carbocycles. The zero-order valence-electron chi connectivity index (χ0n) is 13.7. The van der Waals surface area contributed by atoms with E-state index < -0.39 is 10.8 Å². The van der Waals surface area contributed by atoms with Gasteiger partial charge in [0.1, 0.15) is 11.3 Å². The minimum Gasteiger partial charge on any atom is -0.490 e. The smallest absolute Gasteiger partial charge is 0.289 e. The second-order valence-electron chi connectivity index (χ2n) is 5.02. The lowest BCUT2D eigenvalue weighted by atomic mass is 10.2. The number of nitrogens with one attached hydrogen (secondary N) is 1. The number of hydrogen-bond acceptors (Lipinski definition) is 6. The van der Waals surface area contributed by atoms with E-state index >= 15 is 0 Å². The fraction of sp³-hybridized carbons (Fsp3) is 0.176. The summed E-state index contributed by atoms with van der Waals surface area (Å²) in [6.07, 6.45) is 0.673. The summed E-state index contributed by atoms with van der Waals surface area (Å²) in [5.41, 5.74) is 0.322. The van der Waals surface area contributed by atoms with Crippen molar-refractivity contribution < 1.29 is 24.0 Å². The van der Waals surface area contributed by atoms with Gasteiger partial charge in [-0.3, -0.25) is 19.7 Å². The van der Waals surface area contributed by atoms with Crippen molar-refractivity contribution in [3.8, 4) is 11.5 Å². The molecule has 0 aliphatic rings. The predicted octanol–water partition coefficient (Wildman–Crippen LogP) is 3.48. The highest BCUT2D eigenvalue weighted by molar-refractivity contribution is 6.32. The van der Waals surface area contributed by atoms with Gasteiger partial charge in [0.25, 0.3) is 11.6 Å². The van der Waals surface area contributed by atoms with Crippen LogP contribution in [0.1, 0.15) is 17.3 Å². The lowest BCUT2D eigenvalue weighted by Crippen LogP contribution is -2.20. The predicted molar refractivity (Wildman–Crippen MR) is 95.2 cm³/mol. The van der Waals surface area contributed by atoms with Crippen LogP contribution in [0.25, 0.3) is 0 Å². The number of anilines is 1. The van der Waals surface area contributed by atoms with Gasteiger partial charge in [0.05, 0.1) is 11.5 Å². The lowest BCUT2D eigenvalue weighted by Gasteiger charge is -2.12. The molecule has 1 N–H and O–H groups in total. The van der Waals surface area contributed by atoms with Crippen LogP contribution in [0.15, 0.2) is 36.4 Å². The molecule has 0 saturated carbocycles. The van der Waals surface area contributed by atoms with Crippen molar-refractivity contribution in [1.29, 1.82) is 0 Å². The monoisotopic (exact) mass is 378 g/mol. The molecule has 0 saturated heterocycles. The van der Waals surface area contributed by atoms with Gasteiger partial charge in [-0.15, -0.1) is 0 Å². The summed E-state index contributed by atoms with van der Waals surface area (Å²) < 4.78 is 10.8. The molecule has 0 fully saturated rings. The maximum Gasteiger partial charge on any atom is 0.289 e. The number of rotatable bonds is 8. The third-order valence-electron chi connectivity index (χ3n) is 3.19. The standard InChI is InChI=1S/C17H15ClN2O6/c1-2-25-16-7-11(9-21)3-6-15(16)26-10-17(22)19-12-4-5-13(18)14(8-12)20(23)24/h3-9H,2,10H2,1H3,(H,19,22). The Labute approximate surface area is 153 Å². The maximum atomic E-state index is 12.0. The van der Waals surface area contributed by atoms with E-state index in [0.29, 0.717) is 30.0 Å². The summed E-state index contributed by atoms with van der Waals surface area (Å²) in [5, 5.41) is 13.3. The second kappa shape index (κ2) is 8.82. The first-order chi connectivity index (χ1) is 12.4. The molecular weight excluding hydrogens is 364 g/mol. The normalized spacial score (nSPS) is 10.1. The molecule has 136 valence electrons. The van der Waals surface area contributed by atoms with Crippen LogP contribution in [0.2, 0.25) is 5.02 Å². The number of hydrogen-bond donors (Lipinski definition) is 1. The van der Waals surface area contributed by atoms with Gasteiger partial charge in [-0.05, 0) is 37.3 Å². The van der Waals surface area contributed by atoms with Gasteiger partial charge in [-0.25, -0.2) is 0 Å². The Bertz CT molecular complexity index is 840. The summed E-state index contributed by atoms with van der Waals surface area (Å²) in [7, 11) is 0. The Kier molecular flexibility index (Phi) is 6.51. The number of ether oxygens (including phenoxy) is 2. The van der Waals surface area contributed by atoms with Gasteiger partial charge < -0.3 is 14.8 Å². The van der Waals surface area contributed by atoms with E-state index in [1.54, 1.807) is 6.92 Å². The molecule has 0 aliphatic heterocycles. The molecule has 1 amide bonds. The van der Waals surface area contributed by atoms with Crippen LogP contribution in [-0.4, -0.2) is 30.3 Å². The van der Waals surface area contributed by atoms with Crippen molar-refractivity contribution in [2.75, 3.05) is 18.5 Å². The van der Waals surface area contributed by atoms with Crippen LogP contribution >= 0.6 is 11.6 Å². The fourth-order valence-corrected chi connectivity index (χ4v) is 2.24. The minimum absolute atomic E-state index is 0.0270. The van der Waals surface area contributed by atoms with Gasteiger partial charge in [0.2, 0.25) is 0 Å². The zero-order valence-corrected chi connectivity index (χ0v) is 14.5. The summed E-state index contributed by atoms with van der Waals surface area (Å²) in [4.78, 5) is 33.1. The average Bonchev–Trinajstić information content (AvgIpc) is 2.62. The van der Waals surface area contributed by atoms with E-state index in [2.05, 4.69) is 5.32 Å². The largest absolute Gasteiger partial charge is 0.490 e. The number of halogens is 1. The van der Waals surface area contributed by atoms with E-state index in [4.69, 9.17) is 21.1 Å². The van der Waals surface area contributed by atoms with Crippen molar-refractivity contribution in [3.05, 3.63) is 57.1 Å². The first-order valence-electron chi connectivity index (χ1n) is 7.53. The lowest BCUT2D eigenvalue weighted by molar-refractivity contribution is -0.384. The highest BCUT2D eigenvalue weighted by atomic mass is 35.5. The van der Waals surface area contributed by atoms with Crippen LogP contribution in [0.3, 0.4) is 0 Å². The molecule has 2 rings (SSSR count). The van der Waals surface area contributed by atoms with E-state index in [0.717, 1.165) is 6.07 Å². The third-order valence-corrected chi connectivity index (χ3v) is 3.51. The van der Waals surface area contributed by atoms with Crippen molar-refractivity contribution in [2.45, 2.75) is 6.92 Å². The highest BCUT2D eigenvalue weighted by Crippen LogP contribution is 2.29. The van der Waals surface area contributed by atoms with Gasteiger partial charge in [-0.1, -0.05) is 11.6 Å². The molecule has 8 nitrogen and oxygen atoms in total. The molecule has 0 aromatic heterocycles. The summed E-state index contributed by atoms with van der Waals surface area (Å²) in [6, 6.07) is 8.48. The fourth-order valence-electron chi connectivity index (χ4n) is 2.06. The number of nitro groups is 1. The Balaban J connectivity index is 2.04. The number of benzene rings is 2.